The van der Waals surface area contributed by atoms with Crippen molar-refractivity contribution in [2.24, 2.45) is 0 Å². The zero-order chi connectivity index (χ0) is 17.3. The standard InChI is InChI=1S/C18H21N3O2S/c1-4-18(3,17-19-8-10-24-17)20-16(23)14-5-6-15-13(11-14)7-9-21(15)12(2)22/h5-6,8,10-11H,4,7,9H2,1-3H3,(H,20,23). The van der Waals surface area contributed by atoms with E-state index < -0.39 is 5.54 Å². The number of nitrogens with one attached hydrogen (secondary N) is 1. The highest BCUT2D eigenvalue weighted by atomic mass is 32.1. The normalized spacial score (nSPS) is 15.7. The molecule has 2 aromatic rings. The van der Waals surface area contributed by atoms with E-state index in [-0.39, 0.29) is 11.8 Å². The van der Waals surface area contributed by atoms with Crippen LogP contribution in [0.1, 0.15) is 48.1 Å². The maximum Gasteiger partial charge on any atom is 0.252 e. The Morgan fingerprint density at radius 2 is 2.21 bits per heavy atom. The molecule has 0 aliphatic carbocycles. The predicted molar refractivity (Wildman–Crippen MR) is 95.4 cm³/mol. The van der Waals surface area contributed by atoms with Crippen molar-refractivity contribution in [2.75, 3.05) is 11.4 Å². The molecule has 1 N–H and O–H groups in total. The number of benzene rings is 1. The van der Waals surface area contributed by atoms with E-state index in [1.165, 1.54) is 0 Å². The van der Waals surface area contributed by atoms with Crippen LogP contribution in [-0.2, 0) is 16.8 Å². The second-order valence-electron chi connectivity index (χ2n) is 6.24. The Balaban J connectivity index is 1.83. The van der Waals surface area contributed by atoms with Crippen LogP contribution in [0.2, 0.25) is 0 Å². The van der Waals surface area contributed by atoms with Gasteiger partial charge in [0.05, 0.1) is 5.54 Å². The summed E-state index contributed by atoms with van der Waals surface area (Å²) in [6, 6.07) is 5.55. The third-order valence-electron chi connectivity index (χ3n) is 4.62. The number of carbonyl (C=O) groups is 2. The molecule has 0 saturated carbocycles. The lowest BCUT2D eigenvalue weighted by molar-refractivity contribution is -0.116. The fraction of sp³-hybridized carbons (Fsp3) is 0.389. The molecule has 24 heavy (non-hydrogen) atoms. The number of anilines is 1. The number of hydrogen-bond donors (Lipinski definition) is 1. The minimum atomic E-state index is -0.477. The first-order valence-corrected chi connectivity index (χ1v) is 8.96. The van der Waals surface area contributed by atoms with E-state index in [2.05, 4.69) is 10.3 Å². The van der Waals surface area contributed by atoms with Crippen LogP contribution in [-0.4, -0.2) is 23.3 Å². The van der Waals surface area contributed by atoms with Crippen LogP contribution in [0.15, 0.2) is 29.8 Å². The first-order valence-electron chi connectivity index (χ1n) is 8.08. The summed E-state index contributed by atoms with van der Waals surface area (Å²) >= 11 is 1.55. The third-order valence-corrected chi connectivity index (χ3v) is 5.66. The number of rotatable bonds is 4. The summed E-state index contributed by atoms with van der Waals surface area (Å²) in [7, 11) is 0. The fourth-order valence-corrected chi connectivity index (χ4v) is 3.81. The molecular weight excluding hydrogens is 322 g/mol. The van der Waals surface area contributed by atoms with Gasteiger partial charge in [0.2, 0.25) is 5.91 Å². The maximum atomic E-state index is 12.7. The largest absolute Gasteiger partial charge is 0.340 e. The van der Waals surface area contributed by atoms with Gasteiger partial charge in [-0.15, -0.1) is 11.3 Å². The molecule has 1 aliphatic rings. The molecule has 1 atom stereocenters. The van der Waals surface area contributed by atoms with E-state index in [1.54, 1.807) is 35.4 Å². The molecular formula is C18H21N3O2S. The summed E-state index contributed by atoms with van der Waals surface area (Å²) in [4.78, 5) is 30.4. The molecule has 1 aromatic heterocycles. The van der Waals surface area contributed by atoms with Gasteiger partial charge in [-0.2, -0.15) is 0 Å². The van der Waals surface area contributed by atoms with Gasteiger partial charge in [0.25, 0.3) is 5.91 Å². The molecule has 126 valence electrons. The summed E-state index contributed by atoms with van der Waals surface area (Å²) < 4.78 is 0. The van der Waals surface area contributed by atoms with Crippen molar-refractivity contribution in [3.8, 4) is 0 Å². The van der Waals surface area contributed by atoms with Crippen molar-refractivity contribution in [1.29, 1.82) is 0 Å². The number of thiazole rings is 1. The van der Waals surface area contributed by atoms with Crippen LogP contribution >= 0.6 is 11.3 Å². The lowest BCUT2D eigenvalue weighted by Gasteiger charge is -2.27. The third kappa shape index (κ3) is 2.94. The van der Waals surface area contributed by atoms with Crippen LogP contribution < -0.4 is 10.2 Å². The van der Waals surface area contributed by atoms with Crippen molar-refractivity contribution < 1.29 is 9.59 Å². The summed E-state index contributed by atoms with van der Waals surface area (Å²) in [5, 5.41) is 5.94. The number of amides is 2. The van der Waals surface area contributed by atoms with Gasteiger partial charge in [0.15, 0.2) is 0 Å². The van der Waals surface area contributed by atoms with Crippen LogP contribution in [0.25, 0.3) is 0 Å². The summed E-state index contributed by atoms with van der Waals surface area (Å²) in [6.45, 7) is 6.28. The minimum absolute atomic E-state index is 0.0354. The summed E-state index contributed by atoms with van der Waals surface area (Å²) in [5.41, 5.74) is 2.10. The van der Waals surface area contributed by atoms with Gasteiger partial charge in [-0.1, -0.05) is 6.92 Å². The molecule has 0 radical (unpaired) electrons. The maximum absolute atomic E-state index is 12.7. The van der Waals surface area contributed by atoms with E-state index >= 15 is 0 Å². The highest BCUT2D eigenvalue weighted by molar-refractivity contribution is 7.09. The molecule has 5 nitrogen and oxygen atoms in total. The van der Waals surface area contributed by atoms with Crippen molar-refractivity contribution in [1.82, 2.24) is 10.3 Å². The van der Waals surface area contributed by atoms with Gasteiger partial charge in [-0.25, -0.2) is 4.98 Å². The van der Waals surface area contributed by atoms with Crippen molar-refractivity contribution in [3.63, 3.8) is 0 Å². The average molecular weight is 343 g/mol. The Kier molecular flexibility index (Phi) is 4.41. The highest BCUT2D eigenvalue weighted by Crippen LogP contribution is 2.30. The van der Waals surface area contributed by atoms with Crippen LogP contribution in [0.5, 0.6) is 0 Å². The van der Waals surface area contributed by atoms with Crippen LogP contribution in [0.4, 0.5) is 5.69 Å². The fourth-order valence-electron chi connectivity index (χ4n) is 2.98. The minimum Gasteiger partial charge on any atom is -0.340 e. The van der Waals surface area contributed by atoms with E-state index in [0.29, 0.717) is 12.1 Å². The second-order valence-corrected chi connectivity index (χ2v) is 7.14. The molecule has 0 saturated heterocycles. The highest BCUT2D eigenvalue weighted by Gasteiger charge is 2.30. The molecule has 0 spiro atoms. The SMILES string of the molecule is CCC(C)(NC(=O)c1ccc2c(c1)CCN2C(C)=O)c1nccs1. The lowest BCUT2D eigenvalue weighted by atomic mass is 9.98. The van der Waals surface area contributed by atoms with Crippen molar-refractivity contribution in [3.05, 3.63) is 45.9 Å². The number of hydrogen-bond acceptors (Lipinski definition) is 4. The molecule has 0 fully saturated rings. The molecule has 1 unspecified atom stereocenters. The van der Waals surface area contributed by atoms with E-state index in [4.69, 9.17) is 0 Å². The first-order chi connectivity index (χ1) is 11.4. The van der Waals surface area contributed by atoms with E-state index in [9.17, 15) is 9.59 Å². The molecule has 0 bridgehead atoms. The van der Waals surface area contributed by atoms with Gasteiger partial charge < -0.3 is 10.2 Å². The first kappa shape index (κ1) is 16.6. The molecule has 1 aliphatic heterocycles. The summed E-state index contributed by atoms with van der Waals surface area (Å²) in [6.07, 6.45) is 3.30. The number of nitrogens with zero attached hydrogens (tertiary/aromatic N) is 2. The summed E-state index contributed by atoms with van der Waals surface area (Å²) in [5.74, 6) is -0.0769. The zero-order valence-electron chi connectivity index (χ0n) is 14.1. The molecule has 2 heterocycles. The molecule has 6 heteroatoms. The van der Waals surface area contributed by atoms with E-state index in [1.807, 2.05) is 31.4 Å². The Hall–Kier alpha value is -2.21. The smallest absolute Gasteiger partial charge is 0.252 e. The average Bonchev–Trinajstić information content (AvgIpc) is 3.23. The Bertz CT molecular complexity index is 773. The van der Waals surface area contributed by atoms with Crippen LogP contribution in [0.3, 0.4) is 0 Å². The number of fused-ring (bicyclic) bond motifs is 1. The van der Waals surface area contributed by atoms with Crippen molar-refractivity contribution in [2.45, 2.75) is 39.2 Å². The Morgan fingerprint density at radius 3 is 2.83 bits per heavy atom. The second kappa shape index (κ2) is 6.36. The molecule has 3 rings (SSSR count). The quantitative estimate of drug-likeness (QED) is 0.928. The van der Waals surface area contributed by atoms with Gasteiger partial charge >= 0.3 is 0 Å². The van der Waals surface area contributed by atoms with Crippen LogP contribution in [0, 0.1) is 0 Å². The van der Waals surface area contributed by atoms with Gasteiger partial charge in [-0.05, 0) is 43.5 Å². The zero-order valence-corrected chi connectivity index (χ0v) is 14.9. The van der Waals surface area contributed by atoms with E-state index in [0.717, 1.165) is 29.1 Å². The number of carbonyl (C=O) groups excluding carboxylic acids is 2. The molecule has 2 amide bonds. The van der Waals surface area contributed by atoms with Gasteiger partial charge in [-0.3, -0.25) is 9.59 Å². The number of aromatic nitrogens is 1. The Labute approximate surface area is 145 Å². The lowest BCUT2D eigenvalue weighted by Crippen LogP contribution is -2.43. The van der Waals surface area contributed by atoms with Crippen molar-refractivity contribution >= 4 is 28.8 Å². The monoisotopic (exact) mass is 343 g/mol. The molecule has 1 aromatic carbocycles. The Morgan fingerprint density at radius 1 is 1.42 bits per heavy atom. The van der Waals surface area contributed by atoms with Gasteiger partial charge in [0.1, 0.15) is 5.01 Å². The van der Waals surface area contributed by atoms with Gasteiger partial charge in [0, 0.05) is 36.3 Å². The predicted octanol–water partition coefficient (Wildman–Crippen LogP) is 3.11. The topological polar surface area (TPSA) is 62.3 Å².